The van der Waals surface area contributed by atoms with Crippen LogP contribution in [0.4, 0.5) is 0 Å². The molecule has 1 fully saturated rings. The molecule has 2 rings (SSSR count). The first kappa shape index (κ1) is 6.83. The fourth-order valence-electron chi connectivity index (χ4n) is 1.40. The molecule has 0 aromatic heterocycles. The summed E-state index contributed by atoms with van der Waals surface area (Å²) in [5, 5.41) is 3.29. The highest BCUT2D eigenvalue weighted by atomic mass is 15.1. The molecular formula is C9H12N2. The third kappa shape index (κ3) is 1.15. The topological polar surface area (TPSA) is 38.0 Å². The zero-order chi connectivity index (χ0) is 7.68. The van der Waals surface area contributed by atoms with Gasteiger partial charge in [-0.2, -0.15) is 0 Å². The Morgan fingerprint density at radius 3 is 2.45 bits per heavy atom. The normalized spacial score (nSPS) is 29.5. The summed E-state index contributed by atoms with van der Waals surface area (Å²) >= 11 is 0. The summed E-state index contributed by atoms with van der Waals surface area (Å²) in [6.07, 6.45) is 0. The second kappa shape index (κ2) is 2.64. The van der Waals surface area contributed by atoms with E-state index < -0.39 is 0 Å². The van der Waals surface area contributed by atoms with Gasteiger partial charge >= 0.3 is 0 Å². The Morgan fingerprint density at radius 2 is 2.00 bits per heavy atom. The van der Waals surface area contributed by atoms with Gasteiger partial charge in [0.1, 0.15) is 0 Å². The number of nitrogens with two attached hydrogens (primary N) is 1. The molecule has 0 spiro atoms. The van der Waals surface area contributed by atoms with Crippen molar-refractivity contribution in [1.29, 1.82) is 0 Å². The summed E-state index contributed by atoms with van der Waals surface area (Å²) in [5.41, 5.74) is 7.09. The number of hydrogen-bond donors (Lipinski definition) is 2. The van der Waals surface area contributed by atoms with Crippen molar-refractivity contribution in [3.05, 3.63) is 35.9 Å². The van der Waals surface area contributed by atoms with E-state index >= 15 is 0 Å². The Hall–Kier alpha value is -0.860. The SMILES string of the molecule is NC1CNC1c1ccccc1. The minimum Gasteiger partial charge on any atom is -0.325 e. The van der Waals surface area contributed by atoms with Crippen LogP contribution in [0.15, 0.2) is 30.3 Å². The lowest BCUT2D eigenvalue weighted by atomic mass is 9.93. The molecule has 0 bridgehead atoms. The zero-order valence-corrected chi connectivity index (χ0v) is 6.33. The highest BCUT2D eigenvalue weighted by Gasteiger charge is 2.27. The Morgan fingerprint density at radius 1 is 1.27 bits per heavy atom. The molecule has 1 aliphatic rings. The minimum absolute atomic E-state index is 0.303. The predicted octanol–water partition coefficient (Wildman–Crippen LogP) is 0.658. The molecule has 0 aliphatic carbocycles. The molecule has 1 aromatic carbocycles. The van der Waals surface area contributed by atoms with E-state index in [1.165, 1.54) is 5.56 Å². The number of hydrogen-bond acceptors (Lipinski definition) is 2. The van der Waals surface area contributed by atoms with E-state index in [9.17, 15) is 0 Å². The number of nitrogens with one attached hydrogen (secondary N) is 1. The van der Waals surface area contributed by atoms with E-state index in [1.807, 2.05) is 18.2 Å². The van der Waals surface area contributed by atoms with Gasteiger partial charge in [0, 0.05) is 18.6 Å². The monoisotopic (exact) mass is 148 g/mol. The molecular weight excluding hydrogens is 136 g/mol. The van der Waals surface area contributed by atoms with E-state index in [0.717, 1.165) is 6.54 Å². The van der Waals surface area contributed by atoms with Crippen molar-refractivity contribution >= 4 is 0 Å². The van der Waals surface area contributed by atoms with Gasteiger partial charge in [-0.25, -0.2) is 0 Å². The second-order valence-corrected chi connectivity index (χ2v) is 2.96. The van der Waals surface area contributed by atoms with Crippen LogP contribution in [-0.4, -0.2) is 12.6 Å². The summed E-state index contributed by atoms with van der Waals surface area (Å²) in [6, 6.07) is 11.0. The smallest absolute Gasteiger partial charge is 0.0486 e. The maximum absolute atomic E-state index is 5.79. The van der Waals surface area contributed by atoms with Crippen molar-refractivity contribution in [1.82, 2.24) is 5.32 Å². The third-order valence-electron chi connectivity index (χ3n) is 2.16. The fourth-order valence-corrected chi connectivity index (χ4v) is 1.40. The Balaban J connectivity index is 2.17. The molecule has 2 nitrogen and oxygen atoms in total. The molecule has 2 heteroatoms. The molecule has 1 saturated heterocycles. The molecule has 11 heavy (non-hydrogen) atoms. The molecule has 0 amide bonds. The number of benzene rings is 1. The number of rotatable bonds is 1. The van der Waals surface area contributed by atoms with E-state index in [0.29, 0.717) is 12.1 Å². The second-order valence-electron chi connectivity index (χ2n) is 2.96. The van der Waals surface area contributed by atoms with Crippen LogP contribution >= 0.6 is 0 Å². The van der Waals surface area contributed by atoms with Crippen LogP contribution < -0.4 is 11.1 Å². The van der Waals surface area contributed by atoms with Crippen LogP contribution in [0.1, 0.15) is 11.6 Å². The Bertz CT molecular complexity index is 233. The lowest BCUT2D eigenvalue weighted by Crippen LogP contribution is -2.55. The van der Waals surface area contributed by atoms with Gasteiger partial charge in [-0.3, -0.25) is 0 Å². The standard InChI is InChI=1S/C9H12N2/c10-8-6-11-9(8)7-4-2-1-3-5-7/h1-5,8-9,11H,6,10H2. The van der Waals surface area contributed by atoms with Crippen molar-refractivity contribution in [3.8, 4) is 0 Å². The van der Waals surface area contributed by atoms with Gasteiger partial charge in [0.05, 0.1) is 0 Å². The van der Waals surface area contributed by atoms with Crippen LogP contribution in [0.2, 0.25) is 0 Å². The minimum atomic E-state index is 0.303. The summed E-state index contributed by atoms with van der Waals surface area (Å²) in [6.45, 7) is 0.944. The molecule has 2 unspecified atom stereocenters. The fraction of sp³-hybridized carbons (Fsp3) is 0.333. The predicted molar refractivity (Wildman–Crippen MR) is 45.2 cm³/mol. The van der Waals surface area contributed by atoms with Crippen LogP contribution in [0, 0.1) is 0 Å². The van der Waals surface area contributed by atoms with Crippen LogP contribution in [0.5, 0.6) is 0 Å². The van der Waals surface area contributed by atoms with Gasteiger partial charge in [-0.05, 0) is 5.56 Å². The molecule has 58 valence electrons. The first-order chi connectivity index (χ1) is 5.38. The third-order valence-corrected chi connectivity index (χ3v) is 2.16. The van der Waals surface area contributed by atoms with E-state index in [2.05, 4.69) is 17.4 Å². The highest BCUT2D eigenvalue weighted by Crippen LogP contribution is 2.20. The molecule has 0 radical (unpaired) electrons. The quantitative estimate of drug-likeness (QED) is 0.614. The Kier molecular flexibility index (Phi) is 1.64. The average molecular weight is 148 g/mol. The first-order valence-corrected chi connectivity index (χ1v) is 3.92. The summed E-state index contributed by atoms with van der Waals surface area (Å²) in [5.74, 6) is 0. The van der Waals surface area contributed by atoms with Crippen LogP contribution in [0.3, 0.4) is 0 Å². The van der Waals surface area contributed by atoms with Crippen molar-refractivity contribution in [2.24, 2.45) is 5.73 Å². The summed E-state index contributed by atoms with van der Waals surface area (Å²) < 4.78 is 0. The van der Waals surface area contributed by atoms with E-state index in [4.69, 9.17) is 5.73 Å². The highest BCUT2D eigenvalue weighted by molar-refractivity contribution is 5.23. The molecule has 2 atom stereocenters. The van der Waals surface area contributed by atoms with E-state index in [-0.39, 0.29) is 0 Å². The lowest BCUT2D eigenvalue weighted by molar-refractivity contribution is 0.319. The van der Waals surface area contributed by atoms with Crippen molar-refractivity contribution < 1.29 is 0 Å². The van der Waals surface area contributed by atoms with Gasteiger partial charge in [0.15, 0.2) is 0 Å². The largest absolute Gasteiger partial charge is 0.325 e. The maximum atomic E-state index is 5.79. The summed E-state index contributed by atoms with van der Waals surface area (Å²) in [4.78, 5) is 0. The van der Waals surface area contributed by atoms with Gasteiger partial charge in [-0.15, -0.1) is 0 Å². The van der Waals surface area contributed by atoms with Crippen LogP contribution in [0.25, 0.3) is 0 Å². The Labute approximate surface area is 66.4 Å². The van der Waals surface area contributed by atoms with E-state index in [1.54, 1.807) is 0 Å². The lowest BCUT2D eigenvalue weighted by Gasteiger charge is -2.35. The molecule has 3 N–H and O–H groups in total. The maximum Gasteiger partial charge on any atom is 0.0486 e. The van der Waals surface area contributed by atoms with Crippen molar-refractivity contribution in [2.75, 3.05) is 6.54 Å². The molecule has 0 saturated carbocycles. The van der Waals surface area contributed by atoms with Crippen molar-refractivity contribution in [3.63, 3.8) is 0 Å². The molecule has 1 aromatic rings. The average Bonchev–Trinajstić information content (AvgIpc) is 2.04. The molecule has 1 aliphatic heterocycles. The van der Waals surface area contributed by atoms with Gasteiger partial charge < -0.3 is 11.1 Å². The van der Waals surface area contributed by atoms with Gasteiger partial charge in [-0.1, -0.05) is 30.3 Å². The molecule has 1 heterocycles. The zero-order valence-electron chi connectivity index (χ0n) is 6.33. The first-order valence-electron chi connectivity index (χ1n) is 3.92. The van der Waals surface area contributed by atoms with Crippen molar-refractivity contribution in [2.45, 2.75) is 12.1 Å². The summed E-state index contributed by atoms with van der Waals surface area (Å²) in [7, 11) is 0. The van der Waals surface area contributed by atoms with Crippen LogP contribution in [-0.2, 0) is 0 Å². The van der Waals surface area contributed by atoms with Gasteiger partial charge in [0.2, 0.25) is 0 Å². The van der Waals surface area contributed by atoms with Gasteiger partial charge in [0.25, 0.3) is 0 Å².